The molecule has 7 heteroatoms. The van der Waals surface area contributed by atoms with Gasteiger partial charge in [-0.25, -0.2) is 9.18 Å². The quantitative estimate of drug-likeness (QED) is 0.804. The Morgan fingerprint density at radius 2 is 2.11 bits per heavy atom. The zero-order valence-electron chi connectivity index (χ0n) is 15.9. The van der Waals surface area contributed by atoms with Crippen LogP contribution in [0, 0.1) is 11.8 Å². The van der Waals surface area contributed by atoms with E-state index < -0.39 is 11.3 Å². The molecule has 1 saturated heterocycles. The zero-order valence-corrected chi connectivity index (χ0v) is 15.9. The van der Waals surface area contributed by atoms with Crippen LogP contribution in [0.5, 0.6) is 0 Å². The third kappa shape index (κ3) is 4.64. The predicted octanol–water partition coefficient (Wildman–Crippen LogP) is 2.81. The first-order chi connectivity index (χ1) is 12.7. The number of piperidine rings is 1. The van der Waals surface area contributed by atoms with E-state index in [0.29, 0.717) is 13.1 Å². The van der Waals surface area contributed by atoms with Crippen molar-refractivity contribution in [3.63, 3.8) is 0 Å². The Kier molecular flexibility index (Phi) is 5.22. The molecule has 0 radical (unpaired) electrons. The Labute approximate surface area is 158 Å². The average molecular weight is 375 g/mol. The van der Waals surface area contributed by atoms with E-state index in [-0.39, 0.29) is 36.8 Å². The summed E-state index contributed by atoms with van der Waals surface area (Å²) in [4.78, 5) is 29.4. The van der Waals surface area contributed by atoms with Crippen molar-refractivity contribution in [2.75, 3.05) is 19.6 Å². The van der Waals surface area contributed by atoms with Crippen LogP contribution in [-0.4, -0.2) is 52.8 Å². The van der Waals surface area contributed by atoms with Crippen LogP contribution in [0.25, 0.3) is 6.08 Å². The lowest BCUT2D eigenvalue weighted by atomic mass is 10.1. The van der Waals surface area contributed by atoms with E-state index in [2.05, 4.69) is 10.3 Å². The summed E-state index contributed by atoms with van der Waals surface area (Å²) >= 11 is 0. The van der Waals surface area contributed by atoms with Gasteiger partial charge in [-0.3, -0.25) is 9.78 Å². The summed E-state index contributed by atoms with van der Waals surface area (Å²) < 4.78 is 20.3. The summed E-state index contributed by atoms with van der Waals surface area (Å²) in [5, 5.41) is 2.71. The third-order valence-corrected chi connectivity index (χ3v) is 5.01. The van der Waals surface area contributed by atoms with Crippen LogP contribution in [0.2, 0.25) is 0 Å². The first kappa shape index (κ1) is 19.3. The number of hydrogen-bond donors (Lipinski definition) is 1. The number of rotatable bonds is 5. The van der Waals surface area contributed by atoms with Crippen LogP contribution in [0.15, 0.2) is 30.6 Å². The van der Waals surface area contributed by atoms with E-state index in [9.17, 15) is 14.0 Å². The third-order valence-electron chi connectivity index (χ3n) is 5.01. The Morgan fingerprint density at radius 3 is 2.70 bits per heavy atom. The molecule has 2 unspecified atom stereocenters. The normalized spacial score (nSPS) is 26.7. The number of carbonyl (C=O) groups is 2. The molecule has 2 amide bonds. The van der Waals surface area contributed by atoms with Crippen LogP contribution < -0.4 is 5.32 Å². The molecule has 0 spiro atoms. The summed E-state index contributed by atoms with van der Waals surface area (Å²) in [7, 11) is 0. The zero-order chi connectivity index (χ0) is 19.7. The molecular weight excluding hydrogens is 349 g/mol. The molecule has 146 valence electrons. The van der Waals surface area contributed by atoms with Crippen molar-refractivity contribution in [3.05, 3.63) is 36.2 Å². The number of hydrogen-bond acceptors (Lipinski definition) is 4. The maximum atomic E-state index is 14.9. The van der Waals surface area contributed by atoms with Gasteiger partial charge in [-0.05, 0) is 44.9 Å². The van der Waals surface area contributed by atoms with Crippen molar-refractivity contribution in [3.8, 4) is 0 Å². The van der Waals surface area contributed by atoms with Gasteiger partial charge in [-0.2, -0.15) is 0 Å². The van der Waals surface area contributed by atoms with Gasteiger partial charge in [-0.15, -0.1) is 0 Å². The molecule has 3 rings (SSSR count). The van der Waals surface area contributed by atoms with Crippen molar-refractivity contribution in [1.82, 2.24) is 15.2 Å². The summed E-state index contributed by atoms with van der Waals surface area (Å²) in [6.45, 7) is 6.47. The fraction of sp³-hybridized carbons (Fsp3) is 0.550. The van der Waals surface area contributed by atoms with Gasteiger partial charge in [0, 0.05) is 49.9 Å². The number of fused-ring (bicyclic) bond motifs is 1. The van der Waals surface area contributed by atoms with Gasteiger partial charge < -0.3 is 15.0 Å². The molecule has 1 saturated carbocycles. The van der Waals surface area contributed by atoms with Gasteiger partial charge in [0.15, 0.2) is 0 Å². The minimum atomic E-state index is -1.29. The summed E-state index contributed by atoms with van der Waals surface area (Å²) in [5.41, 5.74) is -1.02. The molecule has 1 aromatic heterocycles. The average Bonchev–Trinajstić information content (AvgIpc) is 2.96. The highest BCUT2D eigenvalue weighted by Crippen LogP contribution is 2.60. The van der Waals surface area contributed by atoms with Gasteiger partial charge in [-0.1, -0.05) is 6.07 Å². The lowest BCUT2D eigenvalue weighted by Crippen LogP contribution is -2.39. The van der Waals surface area contributed by atoms with Crippen LogP contribution in [0.1, 0.15) is 32.8 Å². The lowest BCUT2D eigenvalue weighted by molar-refractivity contribution is -0.116. The summed E-state index contributed by atoms with van der Waals surface area (Å²) in [6, 6.07) is 3.63. The first-order valence-corrected chi connectivity index (χ1v) is 9.22. The summed E-state index contributed by atoms with van der Waals surface area (Å²) in [5.74, 6) is -0.579. The largest absolute Gasteiger partial charge is 0.444 e. The fourth-order valence-electron chi connectivity index (χ4n) is 3.60. The molecule has 0 aromatic carbocycles. The van der Waals surface area contributed by atoms with Gasteiger partial charge in [0.05, 0.1) is 0 Å². The lowest BCUT2D eigenvalue weighted by Gasteiger charge is -2.26. The predicted molar refractivity (Wildman–Crippen MR) is 99.5 cm³/mol. The van der Waals surface area contributed by atoms with Gasteiger partial charge in [0.2, 0.25) is 5.91 Å². The molecule has 2 atom stereocenters. The molecule has 1 aliphatic heterocycles. The van der Waals surface area contributed by atoms with E-state index in [4.69, 9.17) is 4.74 Å². The van der Waals surface area contributed by atoms with Crippen molar-refractivity contribution < 1.29 is 18.7 Å². The maximum absolute atomic E-state index is 14.9. The molecule has 1 aliphatic carbocycles. The molecule has 2 heterocycles. The van der Waals surface area contributed by atoms with Crippen molar-refractivity contribution in [2.24, 2.45) is 11.8 Å². The minimum Gasteiger partial charge on any atom is -0.444 e. The summed E-state index contributed by atoms with van der Waals surface area (Å²) in [6.07, 6.45) is 6.27. The van der Waals surface area contributed by atoms with Crippen LogP contribution in [0.3, 0.4) is 0 Å². The Balaban J connectivity index is 1.39. The minimum absolute atomic E-state index is 0.159. The monoisotopic (exact) mass is 375 g/mol. The van der Waals surface area contributed by atoms with Gasteiger partial charge in [0.1, 0.15) is 11.3 Å². The number of aromatic nitrogens is 1. The van der Waals surface area contributed by atoms with Crippen molar-refractivity contribution in [1.29, 1.82) is 0 Å². The van der Waals surface area contributed by atoms with Crippen LogP contribution in [-0.2, 0) is 9.53 Å². The molecule has 2 aliphatic rings. The van der Waals surface area contributed by atoms with Gasteiger partial charge in [0.25, 0.3) is 0 Å². The Hall–Kier alpha value is -2.44. The van der Waals surface area contributed by atoms with Crippen molar-refractivity contribution in [2.45, 2.75) is 38.5 Å². The smallest absolute Gasteiger partial charge is 0.410 e. The van der Waals surface area contributed by atoms with Crippen LogP contribution >= 0.6 is 0 Å². The topological polar surface area (TPSA) is 71.5 Å². The SMILES string of the molecule is CC(C)(C)OC(=O)N1CC2C(C1)C2(F)CCNC(=O)/C=C/c1cccnc1. The number of alkyl halides is 1. The maximum Gasteiger partial charge on any atom is 0.410 e. The second-order valence-corrected chi connectivity index (χ2v) is 8.19. The van der Waals surface area contributed by atoms with Crippen LogP contribution in [0.4, 0.5) is 9.18 Å². The van der Waals surface area contributed by atoms with E-state index >= 15 is 0 Å². The molecule has 6 nitrogen and oxygen atoms in total. The fourth-order valence-corrected chi connectivity index (χ4v) is 3.60. The second-order valence-electron chi connectivity index (χ2n) is 8.19. The second kappa shape index (κ2) is 7.29. The molecular formula is C20H26FN3O3. The number of pyridine rings is 1. The van der Waals surface area contributed by atoms with E-state index in [1.54, 1.807) is 29.4 Å². The number of ether oxygens (including phenoxy) is 1. The van der Waals surface area contributed by atoms with E-state index in [1.165, 1.54) is 6.08 Å². The highest BCUT2D eigenvalue weighted by Gasteiger charge is 2.69. The van der Waals surface area contributed by atoms with Gasteiger partial charge >= 0.3 is 6.09 Å². The van der Waals surface area contributed by atoms with Crippen molar-refractivity contribution >= 4 is 18.1 Å². The number of nitrogens with zero attached hydrogens (tertiary/aromatic N) is 2. The van der Waals surface area contributed by atoms with E-state index in [1.807, 2.05) is 26.8 Å². The first-order valence-electron chi connectivity index (χ1n) is 9.22. The Morgan fingerprint density at radius 1 is 1.41 bits per heavy atom. The molecule has 1 N–H and O–H groups in total. The number of carbonyl (C=O) groups excluding carboxylic acids is 2. The molecule has 1 aromatic rings. The number of nitrogens with one attached hydrogen (secondary N) is 1. The number of likely N-dealkylation sites (tertiary alicyclic amines) is 1. The molecule has 2 fully saturated rings. The highest BCUT2D eigenvalue weighted by molar-refractivity contribution is 5.91. The Bertz CT molecular complexity index is 718. The highest BCUT2D eigenvalue weighted by atomic mass is 19.1. The molecule has 27 heavy (non-hydrogen) atoms. The number of amides is 2. The standard InChI is InChI=1S/C20H26FN3O3/c1-19(2,3)27-18(26)24-12-15-16(13-24)20(15,21)8-10-23-17(25)7-6-14-5-4-9-22-11-14/h4-7,9,11,15-16H,8,10,12-13H2,1-3H3,(H,23,25)/b7-6+. The molecule has 0 bridgehead atoms. The number of halogens is 1. The van der Waals surface area contributed by atoms with E-state index in [0.717, 1.165) is 5.56 Å².